The van der Waals surface area contributed by atoms with Crippen LogP contribution in [0.25, 0.3) is 0 Å². The predicted octanol–water partition coefficient (Wildman–Crippen LogP) is 2.40. The number of hydrogen-bond acceptors (Lipinski definition) is 3. The predicted molar refractivity (Wildman–Crippen MR) is 76.2 cm³/mol. The van der Waals surface area contributed by atoms with Crippen molar-refractivity contribution in [2.75, 3.05) is 0 Å². The van der Waals surface area contributed by atoms with E-state index in [1.54, 1.807) is 6.20 Å². The highest BCUT2D eigenvalue weighted by Gasteiger charge is 2.18. The molecule has 2 aromatic rings. The SMILES string of the molecule is O=c1[nH]nc(Cc2cccnc2Br)c2c1CCCC2. The van der Waals surface area contributed by atoms with Crippen molar-refractivity contribution in [1.82, 2.24) is 15.2 Å². The molecule has 1 aliphatic carbocycles. The maximum absolute atomic E-state index is 11.8. The van der Waals surface area contributed by atoms with Crippen molar-refractivity contribution in [3.05, 3.63) is 55.7 Å². The smallest absolute Gasteiger partial charge is 0.267 e. The molecule has 2 aromatic heterocycles. The summed E-state index contributed by atoms with van der Waals surface area (Å²) in [6.45, 7) is 0. The van der Waals surface area contributed by atoms with Crippen LogP contribution in [0.3, 0.4) is 0 Å². The van der Waals surface area contributed by atoms with Crippen LogP contribution in [-0.4, -0.2) is 15.2 Å². The molecule has 19 heavy (non-hydrogen) atoms. The zero-order chi connectivity index (χ0) is 13.2. The lowest BCUT2D eigenvalue weighted by atomic mass is 9.90. The summed E-state index contributed by atoms with van der Waals surface area (Å²) in [5.74, 6) is 0. The van der Waals surface area contributed by atoms with E-state index in [0.29, 0.717) is 6.42 Å². The standard InChI is InChI=1S/C14H14BrN3O/c15-13-9(4-3-7-16-13)8-12-10-5-1-2-6-11(10)14(19)18-17-12/h3-4,7H,1-2,5-6,8H2,(H,18,19). The molecule has 5 heteroatoms. The largest absolute Gasteiger partial charge is 0.268 e. The van der Waals surface area contributed by atoms with Crippen LogP contribution in [0.1, 0.15) is 35.2 Å². The first-order chi connectivity index (χ1) is 9.25. The fourth-order valence-electron chi connectivity index (χ4n) is 2.61. The molecule has 0 saturated carbocycles. The Hall–Kier alpha value is -1.49. The number of nitrogens with zero attached hydrogens (tertiary/aromatic N) is 2. The van der Waals surface area contributed by atoms with E-state index in [4.69, 9.17) is 0 Å². The van der Waals surface area contributed by atoms with Gasteiger partial charge in [-0.15, -0.1) is 0 Å². The van der Waals surface area contributed by atoms with E-state index in [2.05, 4.69) is 31.1 Å². The molecule has 0 spiro atoms. The Morgan fingerprint density at radius 2 is 2.05 bits per heavy atom. The number of fused-ring (bicyclic) bond motifs is 1. The van der Waals surface area contributed by atoms with Gasteiger partial charge in [0.15, 0.2) is 0 Å². The summed E-state index contributed by atoms with van der Waals surface area (Å²) in [5, 5.41) is 6.87. The van der Waals surface area contributed by atoms with E-state index in [0.717, 1.165) is 52.7 Å². The van der Waals surface area contributed by atoms with Crippen molar-refractivity contribution >= 4 is 15.9 Å². The topological polar surface area (TPSA) is 58.6 Å². The van der Waals surface area contributed by atoms with Gasteiger partial charge in [-0.05, 0) is 58.8 Å². The molecule has 0 aliphatic heterocycles. The third-order valence-electron chi connectivity index (χ3n) is 3.58. The van der Waals surface area contributed by atoms with Crippen molar-refractivity contribution in [2.24, 2.45) is 0 Å². The number of hydrogen-bond donors (Lipinski definition) is 1. The molecule has 0 atom stereocenters. The van der Waals surface area contributed by atoms with Crippen molar-refractivity contribution < 1.29 is 0 Å². The molecule has 1 N–H and O–H groups in total. The third-order valence-corrected chi connectivity index (χ3v) is 4.29. The third kappa shape index (κ3) is 2.47. The quantitative estimate of drug-likeness (QED) is 0.865. The number of rotatable bonds is 2. The van der Waals surface area contributed by atoms with E-state index < -0.39 is 0 Å². The molecule has 0 amide bonds. The van der Waals surface area contributed by atoms with Crippen LogP contribution < -0.4 is 5.56 Å². The second kappa shape index (κ2) is 5.25. The zero-order valence-corrected chi connectivity index (χ0v) is 12.0. The molecule has 0 fully saturated rings. The Labute approximate surface area is 119 Å². The highest BCUT2D eigenvalue weighted by atomic mass is 79.9. The maximum Gasteiger partial charge on any atom is 0.267 e. The van der Waals surface area contributed by atoms with E-state index in [1.165, 1.54) is 0 Å². The summed E-state index contributed by atoms with van der Waals surface area (Å²) in [5.41, 5.74) is 4.11. The Morgan fingerprint density at radius 1 is 1.26 bits per heavy atom. The Kier molecular flexibility index (Phi) is 3.46. The van der Waals surface area contributed by atoms with Crippen molar-refractivity contribution in [3.63, 3.8) is 0 Å². The number of H-pyrrole nitrogens is 1. The van der Waals surface area contributed by atoms with Crippen LogP contribution in [0.2, 0.25) is 0 Å². The molecular weight excluding hydrogens is 306 g/mol. The molecule has 0 bridgehead atoms. The van der Waals surface area contributed by atoms with Crippen LogP contribution in [0.15, 0.2) is 27.7 Å². The van der Waals surface area contributed by atoms with Crippen molar-refractivity contribution in [3.8, 4) is 0 Å². The zero-order valence-electron chi connectivity index (χ0n) is 10.4. The van der Waals surface area contributed by atoms with Crippen LogP contribution in [-0.2, 0) is 19.3 Å². The maximum atomic E-state index is 11.8. The van der Waals surface area contributed by atoms with E-state index >= 15 is 0 Å². The van der Waals surface area contributed by atoms with Gasteiger partial charge in [0.25, 0.3) is 5.56 Å². The van der Waals surface area contributed by atoms with Gasteiger partial charge in [0.2, 0.25) is 0 Å². The number of nitrogens with one attached hydrogen (secondary N) is 1. The van der Waals surface area contributed by atoms with E-state index in [9.17, 15) is 4.79 Å². The highest BCUT2D eigenvalue weighted by molar-refractivity contribution is 9.10. The molecule has 0 radical (unpaired) electrons. The molecule has 4 nitrogen and oxygen atoms in total. The second-order valence-corrected chi connectivity index (χ2v) is 5.54. The monoisotopic (exact) mass is 319 g/mol. The minimum atomic E-state index is -0.0243. The lowest BCUT2D eigenvalue weighted by Gasteiger charge is -2.17. The first-order valence-electron chi connectivity index (χ1n) is 6.44. The summed E-state index contributed by atoms with van der Waals surface area (Å²) in [7, 11) is 0. The van der Waals surface area contributed by atoms with Gasteiger partial charge < -0.3 is 0 Å². The van der Waals surface area contributed by atoms with E-state index in [1.807, 2.05) is 12.1 Å². The Bertz CT molecular complexity index is 666. The normalized spacial score (nSPS) is 14.2. The molecule has 0 unspecified atom stereocenters. The van der Waals surface area contributed by atoms with Gasteiger partial charge in [-0.3, -0.25) is 4.79 Å². The first-order valence-corrected chi connectivity index (χ1v) is 7.23. The summed E-state index contributed by atoms with van der Waals surface area (Å²) in [6, 6.07) is 3.94. The second-order valence-electron chi connectivity index (χ2n) is 4.79. The van der Waals surface area contributed by atoms with Crippen LogP contribution in [0.5, 0.6) is 0 Å². The average Bonchev–Trinajstić information content (AvgIpc) is 2.44. The van der Waals surface area contributed by atoms with Gasteiger partial charge in [0.1, 0.15) is 4.60 Å². The van der Waals surface area contributed by atoms with Crippen LogP contribution in [0, 0.1) is 0 Å². The van der Waals surface area contributed by atoms with E-state index in [-0.39, 0.29) is 5.56 Å². The summed E-state index contributed by atoms with van der Waals surface area (Å²) in [6.07, 6.45) is 6.51. The first kappa shape index (κ1) is 12.5. The van der Waals surface area contributed by atoms with Gasteiger partial charge in [0, 0.05) is 18.2 Å². The molecule has 2 heterocycles. The van der Waals surface area contributed by atoms with Gasteiger partial charge in [-0.2, -0.15) is 5.10 Å². The molecule has 98 valence electrons. The van der Waals surface area contributed by atoms with Crippen molar-refractivity contribution in [1.29, 1.82) is 0 Å². The fourth-order valence-corrected chi connectivity index (χ4v) is 3.00. The van der Waals surface area contributed by atoms with Crippen LogP contribution in [0.4, 0.5) is 0 Å². The van der Waals surface area contributed by atoms with Crippen molar-refractivity contribution in [2.45, 2.75) is 32.1 Å². The van der Waals surface area contributed by atoms with Gasteiger partial charge in [-0.1, -0.05) is 6.07 Å². The molecule has 1 aliphatic rings. The summed E-state index contributed by atoms with van der Waals surface area (Å²) >= 11 is 3.45. The molecular formula is C14H14BrN3O. The number of aromatic nitrogens is 3. The highest BCUT2D eigenvalue weighted by Crippen LogP contribution is 2.23. The van der Waals surface area contributed by atoms with Crippen LogP contribution >= 0.6 is 15.9 Å². The lowest BCUT2D eigenvalue weighted by Crippen LogP contribution is -2.23. The minimum Gasteiger partial charge on any atom is -0.268 e. The fraction of sp³-hybridized carbons (Fsp3) is 0.357. The Balaban J connectivity index is 2.02. The van der Waals surface area contributed by atoms with Gasteiger partial charge >= 0.3 is 0 Å². The molecule has 0 saturated heterocycles. The summed E-state index contributed by atoms with van der Waals surface area (Å²) < 4.78 is 0.840. The molecule has 3 rings (SSSR count). The number of halogens is 1. The number of pyridine rings is 1. The lowest BCUT2D eigenvalue weighted by molar-refractivity contribution is 0.655. The number of aromatic amines is 1. The van der Waals surface area contributed by atoms with Gasteiger partial charge in [-0.25, -0.2) is 10.1 Å². The summed E-state index contributed by atoms with van der Waals surface area (Å²) in [4.78, 5) is 16.0. The average molecular weight is 320 g/mol. The molecule has 0 aromatic carbocycles. The Morgan fingerprint density at radius 3 is 2.84 bits per heavy atom. The minimum absolute atomic E-state index is 0.0243. The van der Waals surface area contributed by atoms with Gasteiger partial charge in [0.05, 0.1) is 5.69 Å².